The Morgan fingerprint density at radius 1 is 1.30 bits per heavy atom. The summed E-state index contributed by atoms with van der Waals surface area (Å²) in [5.41, 5.74) is 0.527. The normalized spacial score (nSPS) is 11.5. The van der Waals surface area contributed by atoms with Crippen molar-refractivity contribution in [1.82, 2.24) is 0 Å². The van der Waals surface area contributed by atoms with E-state index in [1.807, 2.05) is 51.1 Å². The zero-order chi connectivity index (χ0) is 15.0. The van der Waals surface area contributed by atoms with Crippen LogP contribution in [0.3, 0.4) is 0 Å². The number of halogens is 1. The van der Waals surface area contributed by atoms with Gasteiger partial charge in [0.25, 0.3) is 0 Å². The van der Waals surface area contributed by atoms with Crippen LogP contribution in [0, 0.1) is 11.8 Å². The number of carbonyl (C=O) groups is 1. The molecular weight excluding hydrogens is 316 g/mol. The summed E-state index contributed by atoms with van der Waals surface area (Å²) in [5, 5.41) is 0. The highest BCUT2D eigenvalue weighted by molar-refractivity contribution is 9.12. The lowest BCUT2D eigenvalue weighted by atomic mass is 10.2. The van der Waals surface area contributed by atoms with E-state index in [4.69, 9.17) is 4.74 Å². The Balaban J connectivity index is 2.41. The van der Waals surface area contributed by atoms with Crippen molar-refractivity contribution >= 4 is 21.9 Å². The number of unbranched alkanes of at least 4 members (excludes halogenated alkanes) is 1. The third-order valence-electron chi connectivity index (χ3n) is 2.19. The summed E-state index contributed by atoms with van der Waals surface area (Å²) in [7, 11) is 0. The fourth-order valence-electron chi connectivity index (χ4n) is 1.37. The van der Waals surface area contributed by atoms with Crippen molar-refractivity contribution in [2.75, 3.05) is 0 Å². The number of hydrogen-bond donors (Lipinski definition) is 0. The van der Waals surface area contributed by atoms with Gasteiger partial charge >= 0.3 is 5.97 Å². The highest BCUT2D eigenvalue weighted by atomic mass is 79.9. The Labute approximate surface area is 129 Å². The molecule has 3 heteroatoms. The maximum absolute atomic E-state index is 11.7. The molecule has 0 saturated carbocycles. The molecule has 20 heavy (non-hydrogen) atoms. The van der Waals surface area contributed by atoms with Gasteiger partial charge in [-0.3, -0.25) is 0 Å². The third kappa shape index (κ3) is 7.16. The lowest BCUT2D eigenvalue weighted by Gasteiger charge is -2.19. The van der Waals surface area contributed by atoms with Crippen molar-refractivity contribution in [3.8, 4) is 11.8 Å². The molecule has 0 aliphatic carbocycles. The van der Waals surface area contributed by atoms with Crippen LogP contribution in [0.4, 0.5) is 0 Å². The number of allylic oxidation sites excluding steroid dienone is 1. The average molecular weight is 335 g/mol. The number of benzene rings is 1. The fourth-order valence-corrected chi connectivity index (χ4v) is 1.68. The van der Waals surface area contributed by atoms with E-state index in [9.17, 15) is 4.79 Å². The number of rotatable bonds is 3. The van der Waals surface area contributed by atoms with Gasteiger partial charge in [-0.25, -0.2) is 4.79 Å². The smallest absolute Gasteiger partial charge is 0.345 e. The minimum atomic E-state index is -0.475. The SMILES string of the molecule is CC(C)(C)OC(=O)C(Br)=CCCC#Cc1ccccc1. The maximum atomic E-state index is 11.7. The molecule has 0 aromatic heterocycles. The molecule has 0 N–H and O–H groups in total. The number of hydrogen-bond acceptors (Lipinski definition) is 2. The van der Waals surface area contributed by atoms with Crippen molar-refractivity contribution in [2.24, 2.45) is 0 Å². The summed E-state index contributed by atoms with van der Waals surface area (Å²) in [4.78, 5) is 11.7. The second-order valence-corrected chi connectivity index (χ2v) is 6.11. The van der Waals surface area contributed by atoms with Gasteiger partial charge in [0.1, 0.15) is 5.60 Å². The van der Waals surface area contributed by atoms with E-state index in [0.717, 1.165) is 5.56 Å². The monoisotopic (exact) mass is 334 g/mol. The van der Waals surface area contributed by atoms with E-state index < -0.39 is 5.60 Å². The van der Waals surface area contributed by atoms with E-state index >= 15 is 0 Å². The van der Waals surface area contributed by atoms with Crippen LogP contribution in [0.2, 0.25) is 0 Å². The molecular formula is C17H19BrO2. The number of esters is 1. The summed E-state index contributed by atoms with van der Waals surface area (Å²) in [6.07, 6.45) is 3.21. The van der Waals surface area contributed by atoms with E-state index in [0.29, 0.717) is 17.3 Å². The number of ether oxygens (including phenoxy) is 1. The Kier molecular flexibility index (Phi) is 6.54. The first kappa shape index (κ1) is 16.5. The topological polar surface area (TPSA) is 26.3 Å². The van der Waals surface area contributed by atoms with Gasteiger partial charge in [-0.05, 0) is 55.3 Å². The first-order chi connectivity index (χ1) is 9.38. The molecule has 1 aromatic carbocycles. The van der Waals surface area contributed by atoms with Gasteiger partial charge in [0.05, 0.1) is 4.48 Å². The molecule has 1 rings (SSSR count). The van der Waals surface area contributed by atoms with Crippen LogP contribution in [0.5, 0.6) is 0 Å². The van der Waals surface area contributed by atoms with E-state index in [-0.39, 0.29) is 5.97 Å². The van der Waals surface area contributed by atoms with Gasteiger partial charge in [0, 0.05) is 12.0 Å². The predicted octanol–water partition coefficient (Wildman–Crippen LogP) is 4.44. The molecule has 0 bridgehead atoms. The van der Waals surface area contributed by atoms with Crippen molar-refractivity contribution in [3.63, 3.8) is 0 Å². The first-order valence-electron chi connectivity index (χ1n) is 6.51. The van der Waals surface area contributed by atoms with Crippen molar-refractivity contribution in [3.05, 3.63) is 46.5 Å². The Morgan fingerprint density at radius 3 is 2.55 bits per heavy atom. The summed E-state index contributed by atoms with van der Waals surface area (Å²) in [5.74, 6) is 5.81. The average Bonchev–Trinajstić information content (AvgIpc) is 2.37. The molecule has 2 nitrogen and oxygen atoms in total. The molecule has 0 aliphatic heterocycles. The second kappa shape index (κ2) is 7.91. The summed E-state index contributed by atoms with van der Waals surface area (Å²) in [6.45, 7) is 5.53. The molecule has 0 radical (unpaired) electrons. The predicted molar refractivity (Wildman–Crippen MR) is 85.4 cm³/mol. The molecule has 0 heterocycles. The summed E-state index contributed by atoms with van der Waals surface area (Å²) >= 11 is 3.23. The number of carbonyl (C=O) groups excluding carboxylic acids is 1. The molecule has 0 amide bonds. The zero-order valence-electron chi connectivity index (χ0n) is 12.1. The van der Waals surface area contributed by atoms with Gasteiger partial charge in [0.15, 0.2) is 0 Å². The zero-order valence-corrected chi connectivity index (χ0v) is 13.7. The van der Waals surface area contributed by atoms with E-state index in [2.05, 4.69) is 27.8 Å². The Bertz CT molecular complexity index is 528. The third-order valence-corrected chi connectivity index (χ3v) is 2.84. The molecule has 0 spiro atoms. The second-order valence-electron chi connectivity index (χ2n) is 5.26. The highest BCUT2D eigenvalue weighted by Crippen LogP contribution is 2.15. The van der Waals surface area contributed by atoms with E-state index in [1.165, 1.54) is 0 Å². The molecule has 106 valence electrons. The Morgan fingerprint density at radius 2 is 1.95 bits per heavy atom. The first-order valence-corrected chi connectivity index (χ1v) is 7.31. The molecule has 1 aromatic rings. The lowest BCUT2D eigenvalue weighted by Crippen LogP contribution is -2.23. The van der Waals surface area contributed by atoms with Crippen molar-refractivity contribution in [2.45, 2.75) is 39.2 Å². The van der Waals surface area contributed by atoms with Crippen LogP contribution in [0.15, 0.2) is 40.9 Å². The summed E-state index contributed by atoms with van der Waals surface area (Å²) in [6, 6.07) is 9.83. The fraction of sp³-hybridized carbons (Fsp3) is 0.353. The standard InChI is InChI=1S/C17H19BrO2/c1-17(2,3)20-16(19)15(18)13-9-5-8-12-14-10-6-4-7-11-14/h4,6-7,10-11,13H,5,9H2,1-3H3. The quantitative estimate of drug-likeness (QED) is 0.353. The minimum Gasteiger partial charge on any atom is -0.456 e. The summed E-state index contributed by atoms with van der Waals surface area (Å²) < 4.78 is 5.69. The minimum absolute atomic E-state index is 0.339. The van der Waals surface area contributed by atoms with Crippen LogP contribution in [0.1, 0.15) is 39.2 Å². The Hall–Kier alpha value is -1.53. The van der Waals surface area contributed by atoms with Gasteiger partial charge in [-0.15, -0.1) is 0 Å². The molecule has 0 unspecified atom stereocenters. The van der Waals surface area contributed by atoms with Crippen LogP contribution in [0.25, 0.3) is 0 Å². The molecule has 0 aliphatic rings. The van der Waals surface area contributed by atoms with Crippen LogP contribution in [-0.2, 0) is 9.53 Å². The lowest BCUT2D eigenvalue weighted by molar-refractivity contribution is -0.148. The van der Waals surface area contributed by atoms with Gasteiger partial charge in [-0.2, -0.15) is 0 Å². The molecule has 0 saturated heterocycles. The highest BCUT2D eigenvalue weighted by Gasteiger charge is 2.17. The van der Waals surface area contributed by atoms with E-state index in [1.54, 1.807) is 6.08 Å². The van der Waals surface area contributed by atoms with Crippen LogP contribution >= 0.6 is 15.9 Å². The van der Waals surface area contributed by atoms with Crippen LogP contribution < -0.4 is 0 Å². The van der Waals surface area contributed by atoms with Gasteiger partial charge in [-0.1, -0.05) is 36.1 Å². The van der Waals surface area contributed by atoms with Gasteiger partial charge < -0.3 is 4.74 Å². The maximum Gasteiger partial charge on any atom is 0.345 e. The van der Waals surface area contributed by atoms with Crippen molar-refractivity contribution < 1.29 is 9.53 Å². The molecule has 0 atom stereocenters. The van der Waals surface area contributed by atoms with Crippen LogP contribution in [-0.4, -0.2) is 11.6 Å². The van der Waals surface area contributed by atoms with Gasteiger partial charge in [0.2, 0.25) is 0 Å². The largest absolute Gasteiger partial charge is 0.456 e. The van der Waals surface area contributed by atoms with Crippen molar-refractivity contribution in [1.29, 1.82) is 0 Å². The molecule has 0 fully saturated rings.